The summed E-state index contributed by atoms with van der Waals surface area (Å²) in [6.45, 7) is 4.28. The van der Waals surface area contributed by atoms with Crippen molar-refractivity contribution >= 4 is 6.21 Å². The van der Waals surface area contributed by atoms with Crippen molar-refractivity contribution in [3.05, 3.63) is 11.1 Å². The molecule has 1 aliphatic rings. The van der Waals surface area contributed by atoms with E-state index >= 15 is 0 Å². The van der Waals surface area contributed by atoms with E-state index in [4.69, 9.17) is 5.21 Å². The first kappa shape index (κ1) is 10.3. The lowest BCUT2D eigenvalue weighted by Gasteiger charge is -2.14. The minimum absolute atomic E-state index is 0.201. The van der Waals surface area contributed by atoms with Gasteiger partial charge in [0.1, 0.15) is 0 Å². The predicted octanol–water partition coefficient (Wildman–Crippen LogP) is 1.80. The van der Waals surface area contributed by atoms with Crippen molar-refractivity contribution in [3.8, 4) is 0 Å². The van der Waals surface area contributed by atoms with Gasteiger partial charge in [-0.2, -0.15) is 0 Å². The Labute approximate surface area is 78.8 Å². The Hall–Kier alpha value is -0.830. The van der Waals surface area contributed by atoms with Crippen molar-refractivity contribution < 1.29 is 10.3 Å². The van der Waals surface area contributed by atoms with E-state index in [9.17, 15) is 5.11 Å². The topological polar surface area (TPSA) is 52.8 Å². The Morgan fingerprint density at radius 3 is 2.92 bits per heavy atom. The van der Waals surface area contributed by atoms with Crippen LogP contribution in [0.3, 0.4) is 0 Å². The molecule has 0 amide bonds. The molecule has 13 heavy (non-hydrogen) atoms. The van der Waals surface area contributed by atoms with Crippen LogP contribution in [0.1, 0.15) is 26.7 Å². The number of rotatable bonds is 2. The smallest absolute Gasteiger partial charge is 0.0690 e. The van der Waals surface area contributed by atoms with Crippen LogP contribution in [-0.4, -0.2) is 23.1 Å². The molecule has 0 bridgehead atoms. The first-order valence-corrected chi connectivity index (χ1v) is 4.68. The SMILES string of the molecule is CC(/C=N/O)=C1\CC[C@@H](C)[C@@H]1CO. The third-order valence-electron chi connectivity index (χ3n) is 2.96. The van der Waals surface area contributed by atoms with Crippen molar-refractivity contribution in [1.29, 1.82) is 0 Å². The third kappa shape index (κ3) is 2.10. The summed E-state index contributed by atoms with van der Waals surface area (Å²) < 4.78 is 0. The van der Waals surface area contributed by atoms with Gasteiger partial charge < -0.3 is 10.3 Å². The average molecular weight is 183 g/mol. The van der Waals surface area contributed by atoms with Crippen molar-refractivity contribution in [2.75, 3.05) is 6.61 Å². The molecule has 0 aromatic rings. The maximum Gasteiger partial charge on any atom is 0.0690 e. The largest absolute Gasteiger partial charge is 0.411 e. The number of hydrogen-bond donors (Lipinski definition) is 2. The zero-order valence-corrected chi connectivity index (χ0v) is 8.20. The van der Waals surface area contributed by atoms with E-state index in [2.05, 4.69) is 12.1 Å². The number of nitrogens with zero attached hydrogens (tertiary/aromatic N) is 1. The zero-order valence-electron chi connectivity index (χ0n) is 8.20. The number of aliphatic hydroxyl groups is 1. The van der Waals surface area contributed by atoms with Gasteiger partial charge in [-0.05, 0) is 31.3 Å². The van der Waals surface area contributed by atoms with E-state index in [0.29, 0.717) is 5.92 Å². The summed E-state index contributed by atoms with van der Waals surface area (Å²) in [5, 5.41) is 20.6. The van der Waals surface area contributed by atoms with Gasteiger partial charge in [-0.3, -0.25) is 0 Å². The van der Waals surface area contributed by atoms with Crippen LogP contribution in [0.2, 0.25) is 0 Å². The molecule has 0 saturated heterocycles. The molecular formula is C10H17NO2. The fourth-order valence-electron chi connectivity index (χ4n) is 2.06. The molecule has 0 unspecified atom stereocenters. The number of oxime groups is 1. The first-order valence-electron chi connectivity index (χ1n) is 4.68. The monoisotopic (exact) mass is 183 g/mol. The molecule has 0 spiro atoms. The molecule has 0 radical (unpaired) electrons. The van der Waals surface area contributed by atoms with Crippen LogP contribution in [0.4, 0.5) is 0 Å². The van der Waals surface area contributed by atoms with Crippen molar-refractivity contribution in [3.63, 3.8) is 0 Å². The lowest BCUT2D eigenvalue weighted by Crippen LogP contribution is -2.11. The number of allylic oxidation sites excluding steroid dienone is 1. The van der Waals surface area contributed by atoms with Crippen molar-refractivity contribution in [2.45, 2.75) is 26.7 Å². The molecule has 1 fully saturated rings. The van der Waals surface area contributed by atoms with E-state index in [-0.39, 0.29) is 12.5 Å². The highest BCUT2D eigenvalue weighted by atomic mass is 16.4. The lowest BCUT2D eigenvalue weighted by molar-refractivity contribution is 0.221. The highest BCUT2D eigenvalue weighted by molar-refractivity contribution is 5.78. The Kier molecular flexibility index (Phi) is 3.48. The van der Waals surface area contributed by atoms with Gasteiger partial charge in [0, 0.05) is 12.5 Å². The highest BCUT2D eigenvalue weighted by Gasteiger charge is 2.28. The van der Waals surface area contributed by atoms with Gasteiger partial charge >= 0.3 is 0 Å². The van der Waals surface area contributed by atoms with Crippen LogP contribution in [0, 0.1) is 11.8 Å². The van der Waals surface area contributed by atoms with Crippen LogP contribution in [0.5, 0.6) is 0 Å². The van der Waals surface area contributed by atoms with E-state index in [1.54, 1.807) is 0 Å². The Morgan fingerprint density at radius 1 is 1.69 bits per heavy atom. The number of hydrogen-bond acceptors (Lipinski definition) is 3. The standard InChI is InChI=1S/C10H17NO2/c1-7-3-4-9(10(7)6-12)8(2)5-11-13/h5,7,10,12-13H,3-4,6H2,1-2H3/b9-8-,11-5+/t7-,10+/m1/s1. The van der Waals surface area contributed by atoms with E-state index in [1.165, 1.54) is 11.8 Å². The summed E-state index contributed by atoms with van der Waals surface area (Å²) in [6, 6.07) is 0. The van der Waals surface area contributed by atoms with Crippen LogP contribution in [0.15, 0.2) is 16.3 Å². The van der Waals surface area contributed by atoms with Gasteiger partial charge in [-0.15, -0.1) is 0 Å². The molecule has 0 aromatic heterocycles. The quantitative estimate of drug-likeness (QED) is 0.389. The lowest BCUT2D eigenvalue weighted by atomic mass is 9.93. The van der Waals surface area contributed by atoms with Gasteiger partial charge in [0.25, 0.3) is 0 Å². The summed E-state index contributed by atoms with van der Waals surface area (Å²) >= 11 is 0. The Bertz CT molecular complexity index is 233. The summed E-state index contributed by atoms with van der Waals surface area (Å²) in [6.07, 6.45) is 3.59. The second-order valence-corrected chi connectivity index (χ2v) is 3.76. The van der Waals surface area contributed by atoms with Crippen LogP contribution in [0.25, 0.3) is 0 Å². The fourth-order valence-corrected chi connectivity index (χ4v) is 2.06. The van der Waals surface area contributed by atoms with E-state index in [1.807, 2.05) is 6.92 Å². The molecule has 2 N–H and O–H groups in total. The molecule has 1 rings (SSSR count). The average Bonchev–Trinajstić information content (AvgIpc) is 2.47. The minimum Gasteiger partial charge on any atom is -0.411 e. The molecule has 0 heterocycles. The summed E-state index contributed by atoms with van der Waals surface area (Å²) in [5.41, 5.74) is 2.23. The van der Waals surface area contributed by atoms with Gasteiger partial charge in [0.05, 0.1) is 6.21 Å². The molecule has 1 saturated carbocycles. The maximum atomic E-state index is 9.18. The van der Waals surface area contributed by atoms with Gasteiger partial charge in [-0.1, -0.05) is 17.7 Å². The highest BCUT2D eigenvalue weighted by Crippen LogP contribution is 2.37. The fraction of sp³-hybridized carbons (Fsp3) is 0.700. The Morgan fingerprint density at radius 2 is 2.38 bits per heavy atom. The summed E-state index contributed by atoms with van der Waals surface area (Å²) in [7, 11) is 0. The van der Waals surface area contributed by atoms with Gasteiger partial charge in [-0.25, -0.2) is 0 Å². The van der Waals surface area contributed by atoms with Gasteiger partial charge in [0.15, 0.2) is 0 Å². The first-order chi connectivity index (χ1) is 6.20. The molecule has 3 heteroatoms. The van der Waals surface area contributed by atoms with Crippen LogP contribution >= 0.6 is 0 Å². The molecule has 1 aliphatic carbocycles. The summed E-state index contributed by atoms with van der Waals surface area (Å²) in [5.74, 6) is 0.806. The number of aliphatic hydroxyl groups excluding tert-OH is 1. The molecule has 2 atom stereocenters. The molecule has 0 aromatic carbocycles. The molecule has 3 nitrogen and oxygen atoms in total. The molecular weight excluding hydrogens is 166 g/mol. The third-order valence-corrected chi connectivity index (χ3v) is 2.96. The maximum absolute atomic E-state index is 9.18. The zero-order chi connectivity index (χ0) is 9.84. The van der Waals surface area contributed by atoms with Crippen molar-refractivity contribution in [1.82, 2.24) is 0 Å². The molecule has 0 aliphatic heterocycles. The second kappa shape index (κ2) is 4.42. The van der Waals surface area contributed by atoms with Crippen molar-refractivity contribution in [2.24, 2.45) is 17.0 Å². The second-order valence-electron chi connectivity index (χ2n) is 3.76. The van der Waals surface area contributed by atoms with E-state index < -0.39 is 0 Å². The normalized spacial score (nSPS) is 32.8. The Balaban J connectivity index is 2.85. The molecule has 74 valence electrons. The van der Waals surface area contributed by atoms with Crippen LogP contribution in [-0.2, 0) is 0 Å². The minimum atomic E-state index is 0.201. The predicted molar refractivity (Wildman–Crippen MR) is 52.0 cm³/mol. The van der Waals surface area contributed by atoms with Crippen LogP contribution < -0.4 is 0 Å². The summed E-state index contributed by atoms with van der Waals surface area (Å²) in [4.78, 5) is 0. The van der Waals surface area contributed by atoms with Gasteiger partial charge in [0.2, 0.25) is 0 Å². The van der Waals surface area contributed by atoms with E-state index in [0.717, 1.165) is 18.4 Å².